The van der Waals surface area contributed by atoms with E-state index in [9.17, 15) is 0 Å². The van der Waals surface area contributed by atoms with Crippen LogP contribution in [0, 0.1) is 0 Å². The largest absolute Gasteiger partial charge is 0.331 e. The molecule has 10 heavy (non-hydrogen) atoms. The van der Waals surface area contributed by atoms with Crippen LogP contribution in [-0.4, -0.2) is 0 Å². The lowest BCUT2D eigenvalue weighted by Gasteiger charge is -1.89. The van der Waals surface area contributed by atoms with Gasteiger partial charge in [-0.05, 0) is 12.1 Å². The molecule has 2 rings (SSSR count). The predicted octanol–water partition coefficient (Wildman–Crippen LogP) is 2.10. The zero-order valence-electron chi connectivity index (χ0n) is 5.00. The third-order valence-electron chi connectivity index (χ3n) is 1.31. The Bertz CT molecular complexity index is 295. The molecule has 1 radical (unpaired) electrons. The Morgan fingerprint density at radius 1 is 1.50 bits per heavy atom. The van der Waals surface area contributed by atoms with Crippen molar-refractivity contribution in [2.45, 2.75) is 0 Å². The summed E-state index contributed by atoms with van der Waals surface area (Å²) in [6, 6.07) is 5.51. The Morgan fingerprint density at radius 3 is 3.20 bits per heavy atom. The fourth-order valence-corrected chi connectivity index (χ4v) is 1.05. The van der Waals surface area contributed by atoms with Crippen LogP contribution in [0.2, 0.25) is 5.02 Å². The molecule has 0 bridgehead atoms. The van der Waals surface area contributed by atoms with Crippen LogP contribution >= 0.6 is 11.6 Å². The van der Waals surface area contributed by atoms with Crippen molar-refractivity contribution in [3.8, 4) is 0 Å². The van der Waals surface area contributed by atoms with E-state index in [4.69, 9.17) is 11.6 Å². The van der Waals surface area contributed by atoms with Crippen molar-refractivity contribution in [1.29, 1.82) is 0 Å². The van der Waals surface area contributed by atoms with Crippen LogP contribution in [0.3, 0.4) is 0 Å². The molecule has 1 aliphatic rings. The fraction of sp³-hybridized carbons (Fsp3) is 0. The molecule has 0 saturated carbocycles. The molecule has 1 N–H and O–H groups in total. The fourth-order valence-electron chi connectivity index (χ4n) is 0.836. The molecule has 0 aliphatic carbocycles. The number of anilines is 1. The van der Waals surface area contributed by atoms with Gasteiger partial charge in [-0.1, -0.05) is 23.1 Å². The lowest BCUT2D eigenvalue weighted by molar-refractivity contribution is 1.06. The highest BCUT2D eigenvalue weighted by Crippen LogP contribution is 2.34. The number of halogens is 1. The van der Waals surface area contributed by atoms with Gasteiger partial charge in [0.25, 0.3) is 0 Å². The van der Waals surface area contributed by atoms with E-state index < -0.39 is 0 Å². The second kappa shape index (κ2) is 1.95. The Labute approximate surface area is 62.7 Å². The van der Waals surface area contributed by atoms with Gasteiger partial charge in [0.15, 0.2) is 5.69 Å². The van der Waals surface area contributed by atoms with Crippen LogP contribution in [0.25, 0.3) is 0 Å². The quantitative estimate of drug-likeness (QED) is 0.609. The molecule has 0 amide bonds. The topological polar surface area (TPSA) is 38.5 Å². The second-order valence-electron chi connectivity index (χ2n) is 1.95. The number of hydrogen-bond acceptors (Lipinski definition) is 3. The Kier molecular flexibility index (Phi) is 1.11. The number of nitrogens with zero attached hydrogens (tertiary/aromatic N) is 2. The molecule has 49 valence electrons. The third kappa shape index (κ3) is 0.675. The smallest absolute Gasteiger partial charge is 0.0816 e. The van der Waals surface area contributed by atoms with Crippen molar-refractivity contribution in [2.75, 3.05) is 5.43 Å². The standard InChI is InChI=1S/C6H4ClN3/c7-4-2-1-3-5-6(4)9-10-8-5/h1-3H,(H,8,9)/q+1. The van der Waals surface area contributed by atoms with Gasteiger partial charge in [-0.2, -0.15) is 0 Å². The van der Waals surface area contributed by atoms with E-state index in [1.54, 1.807) is 6.07 Å². The van der Waals surface area contributed by atoms with E-state index in [2.05, 4.69) is 15.8 Å². The summed E-state index contributed by atoms with van der Waals surface area (Å²) in [5, 5.41) is 8.01. The first-order valence-electron chi connectivity index (χ1n) is 2.83. The summed E-state index contributed by atoms with van der Waals surface area (Å²) in [6.45, 7) is 0. The second-order valence-corrected chi connectivity index (χ2v) is 2.36. The van der Waals surface area contributed by atoms with E-state index in [0.717, 1.165) is 11.4 Å². The van der Waals surface area contributed by atoms with Crippen molar-refractivity contribution in [2.24, 2.45) is 5.11 Å². The molecule has 1 heterocycles. The van der Waals surface area contributed by atoms with Crippen LogP contribution < -0.4 is 10.6 Å². The number of benzene rings is 1. The van der Waals surface area contributed by atoms with Crippen LogP contribution in [0.1, 0.15) is 0 Å². The monoisotopic (exact) mass is 153 g/mol. The maximum absolute atomic E-state index is 5.78. The molecule has 0 spiro atoms. The molecule has 1 aliphatic heterocycles. The molecule has 1 aromatic rings. The summed E-state index contributed by atoms with van der Waals surface area (Å²) in [5.41, 5.74) is 4.31. The minimum absolute atomic E-state index is 0.631. The Morgan fingerprint density at radius 2 is 2.40 bits per heavy atom. The lowest BCUT2D eigenvalue weighted by Crippen LogP contribution is -1.90. The van der Waals surface area contributed by atoms with Crippen molar-refractivity contribution in [1.82, 2.24) is 5.22 Å². The number of rotatable bonds is 0. The Balaban J connectivity index is 2.67. The molecule has 0 unspecified atom stereocenters. The van der Waals surface area contributed by atoms with E-state index >= 15 is 0 Å². The highest BCUT2D eigenvalue weighted by atomic mass is 35.5. The average Bonchev–Trinajstić information content (AvgIpc) is 2.36. The zero-order valence-corrected chi connectivity index (χ0v) is 5.76. The minimum atomic E-state index is 0.631. The van der Waals surface area contributed by atoms with E-state index in [1.807, 2.05) is 12.1 Å². The molecule has 3 nitrogen and oxygen atoms in total. The molecule has 0 fully saturated rings. The van der Waals surface area contributed by atoms with E-state index in [0.29, 0.717) is 5.02 Å². The number of hydrogen-bond donors (Lipinski definition) is 1. The SMILES string of the molecule is Clc1cccc2c1N=[N+]N2. The molecule has 0 aromatic heterocycles. The van der Waals surface area contributed by atoms with Gasteiger partial charge in [-0.3, -0.25) is 0 Å². The van der Waals surface area contributed by atoms with Gasteiger partial charge >= 0.3 is 5.22 Å². The van der Waals surface area contributed by atoms with Gasteiger partial charge in [0.05, 0.1) is 5.02 Å². The van der Waals surface area contributed by atoms with Gasteiger partial charge in [0.1, 0.15) is 10.8 Å². The predicted molar refractivity (Wildman–Crippen MR) is 39.3 cm³/mol. The summed E-state index contributed by atoms with van der Waals surface area (Å²) in [6.07, 6.45) is 0. The van der Waals surface area contributed by atoms with Crippen LogP contribution in [0.4, 0.5) is 11.4 Å². The molecule has 1 aromatic carbocycles. The van der Waals surface area contributed by atoms with Gasteiger partial charge in [-0.15, -0.1) is 0 Å². The minimum Gasteiger partial charge on any atom is -0.0816 e. The van der Waals surface area contributed by atoms with Crippen molar-refractivity contribution >= 4 is 23.0 Å². The zero-order chi connectivity index (χ0) is 6.97. The van der Waals surface area contributed by atoms with E-state index in [1.165, 1.54) is 0 Å². The van der Waals surface area contributed by atoms with Crippen molar-refractivity contribution in [3.63, 3.8) is 0 Å². The number of fused-ring (bicyclic) bond motifs is 1. The van der Waals surface area contributed by atoms with Gasteiger partial charge in [0.2, 0.25) is 0 Å². The lowest BCUT2D eigenvalue weighted by atomic mass is 10.3. The summed E-state index contributed by atoms with van der Waals surface area (Å²) in [4.78, 5) is 0. The van der Waals surface area contributed by atoms with Crippen molar-refractivity contribution < 1.29 is 0 Å². The first kappa shape index (κ1) is 5.68. The van der Waals surface area contributed by atoms with Crippen LogP contribution in [-0.2, 0) is 0 Å². The summed E-state index contributed by atoms with van der Waals surface area (Å²) in [5.74, 6) is 0. The summed E-state index contributed by atoms with van der Waals surface area (Å²) in [7, 11) is 0. The molecule has 0 saturated heterocycles. The van der Waals surface area contributed by atoms with Gasteiger partial charge in [-0.25, -0.2) is 0 Å². The number of nitrogens with one attached hydrogen (secondary N) is 1. The van der Waals surface area contributed by atoms with Crippen LogP contribution in [0.5, 0.6) is 0 Å². The maximum Gasteiger partial charge on any atom is 0.331 e. The first-order chi connectivity index (χ1) is 4.88. The summed E-state index contributed by atoms with van der Waals surface area (Å²) >= 11 is 5.78. The van der Waals surface area contributed by atoms with Crippen LogP contribution in [0.15, 0.2) is 23.3 Å². The molecular weight excluding hydrogens is 150 g/mol. The molecule has 0 atom stereocenters. The summed E-state index contributed by atoms with van der Waals surface area (Å²) < 4.78 is 0. The van der Waals surface area contributed by atoms with Gasteiger partial charge in [0, 0.05) is 0 Å². The highest BCUT2D eigenvalue weighted by Gasteiger charge is 2.19. The van der Waals surface area contributed by atoms with E-state index in [-0.39, 0.29) is 0 Å². The highest BCUT2D eigenvalue weighted by molar-refractivity contribution is 6.33. The molecular formula is C6H4ClN3+. The Hall–Kier alpha value is -1.09. The maximum atomic E-state index is 5.78. The van der Waals surface area contributed by atoms with Crippen molar-refractivity contribution in [3.05, 3.63) is 23.2 Å². The average molecular weight is 154 g/mol. The van der Waals surface area contributed by atoms with Gasteiger partial charge < -0.3 is 0 Å². The normalized spacial score (nSPS) is 12.9. The molecule has 4 heteroatoms. The first-order valence-corrected chi connectivity index (χ1v) is 3.21. The third-order valence-corrected chi connectivity index (χ3v) is 1.61.